The Balaban J connectivity index is 2.13. The fourth-order valence-corrected chi connectivity index (χ4v) is 3.25. The molecule has 0 fully saturated rings. The number of hydrogen-bond donors (Lipinski definition) is 1. The van der Waals surface area contributed by atoms with E-state index in [1.54, 1.807) is 19.2 Å². The van der Waals surface area contributed by atoms with Crippen LogP contribution in [0.2, 0.25) is 5.02 Å². The highest BCUT2D eigenvalue weighted by atomic mass is 35.5. The van der Waals surface area contributed by atoms with Crippen LogP contribution in [0.15, 0.2) is 66.7 Å². The number of hydrogen-bond acceptors (Lipinski definition) is 3. The van der Waals surface area contributed by atoms with Crippen LogP contribution >= 0.6 is 11.6 Å². The summed E-state index contributed by atoms with van der Waals surface area (Å²) >= 11 is 6.21. The monoisotopic (exact) mass is 367 g/mol. The van der Waals surface area contributed by atoms with Crippen LogP contribution in [0.25, 0.3) is 0 Å². The van der Waals surface area contributed by atoms with Crippen LogP contribution in [0.5, 0.6) is 11.5 Å². The molecule has 0 spiro atoms. The summed E-state index contributed by atoms with van der Waals surface area (Å²) in [5.41, 5.74) is 4.04. The Hall–Kier alpha value is -2.65. The third-order valence-corrected chi connectivity index (χ3v) is 4.73. The summed E-state index contributed by atoms with van der Waals surface area (Å²) in [6, 6.07) is 21.4. The van der Waals surface area contributed by atoms with Crippen molar-refractivity contribution in [3.05, 3.63) is 88.4 Å². The number of anilines is 1. The van der Waals surface area contributed by atoms with E-state index in [0.29, 0.717) is 5.02 Å². The maximum absolute atomic E-state index is 10.5. The Morgan fingerprint density at radius 3 is 2.00 bits per heavy atom. The maximum Gasteiger partial charge on any atom is 0.119 e. The Kier molecular flexibility index (Phi) is 5.38. The smallest absolute Gasteiger partial charge is 0.119 e. The van der Waals surface area contributed by atoms with Gasteiger partial charge in [0.15, 0.2) is 0 Å². The lowest BCUT2D eigenvalue weighted by Crippen LogP contribution is -2.09. The normalized spacial score (nSPS) is 11.8. The zero-order chi connectivity index (χ0) is 18.7. The molecular formula is C22H22ClNO2. The predicted octanol–water partition coefficient (Wildman–Crippen LogP) is 5.30. The quantitative estimate of drug-likeness (QED) is 0.621. The zero-order valence-electron chi connectivity index (χ0n) is 15.1. The molecule has 0 aliphatic rings. The van der Waals surface area contributed by atoms with Crippen molar-refractivity contribution in [3.8, 4) is 11.5 Å². The summed E-state index contributed by atoms with van der Waals surface area (Å²) in [4.78, 5) is 2.06. The van der Waals surface area contributed by atoms with Gasteiger partial charge in [-0.3, -0.25) is 0 Å². The molecule has 0 aliphatic heterocycles. The predicted molar refractivity (Wildman–Crippen MR) is 108 cm³/mol. The van der Waals surface area contributed by atoms with Gasteiger partial charge in [0.05, 0.1) is 7.11 Å². The molecule has 1 unspecified atom stereocenters. The number of methoxy groups -OCH3 is 1. The van der Waals surface area contributed by atoms with E-state index in [1.807, 2.05) is 44.4 Å². The zero-order valence-corrected chi connectivity index (χ0v) is 15.9. The molecule has 3 rings (SSSR count). The number of ether oxygens (including phenoxy) is 1. The van der Waals surface area contributed by atoms with Gasteiger partial charge >= 0.3 is 0 Å². The van der Waals surface area contributed by atoms with Gasteiger partial charge in [0.1, 0.15) is 11.5 Å². The van der Waals surface area contributed by atoms with Crippen LogP contribution in [-0.2, 0) is 0 Å². The van der Waals surface area contributed by atoms with Gasteiger partial charge < -0.3 is 14.7 Å². The standard InChI is InChI=1S/C22H22ClNO2/c1-24(2)18-9-4-15(5-10-18)22(16-6-11-19(26-3)12-7-16)20-14-17(23)8-13-21(20)25/h4-14,22,25H,1-3H3. The molecule has 0 bridgehead atoms. The Morgan fingerprint density at radius 2 is 1.46 bits per heavy atom. The van der Waals surface area contributed by atoms with Crippen LogP contribution in [0.3, 0.4) is 0 Å². The van der Waals surface area contributed by atoms with Crippen molar-refractivity contribution in [1.29, 1.82) is 0 Å². The summed E-state index contributed by atoms with van der Waals surface area (Å²) in [6.07, 6.45) is 0. The first-order chi connectivity index (χ1) is 12.5. The van der Waals surface area contributed by atoms with Crippen LogP contribution in [0, 0.1) is 0 Å². The molecule has 134 valence electrons. The number of nitrogens with zero attached hydrogens (tertiary/aromatic N) is 1. The van der Waals surface area contributed by atoms with Gasteiger partial charge in [-0.15, -0.1) is 0 Å². The van der Waals surface area contributed by atoms with Crippen molar-refractivity contribution in [3.63, 3.8) is 0 Å². The topological polar surface area (TPSA) is 32.7 Å². The fourth-order valence-electron chi connectivity index (χ4n) is 3.07. The molecule has 3 aromatic rings. The van der Waals surface area contributed by atoms with Gasteiger partial charge in [0.2, 0.25) is 0 Å². The minimum Gasteiger partial charge on any atom is -0.508 e. The average molecular weight is 368 g/mol. The minimum absolute atomic E-state index is 0.129. The van der Waals surface area contributed by atoms with Crippen LogP contribution in [0.4, 0.5) is 5.69 Å². The van der Waals surface area contributed by atoms with E-state index >= 15 is 0 Å². The molecule has 26 heavy (non-hydrogen) atoms. The number of halogens is 1. The SMILES string of the molecule is COc1ccc(C(c2ccc(N(C)C)cc2)c2cc(Cl)ccc2O)cc1. The molecule has 1 N–H and O–H groups in total. The van der Waals surface area contributed by atoms with E-state index in [4.69, 9.17) is 16.3 Å². The molecule has 0 saturated carbocycles. The molecule has 0 radical (unpaired) electrons. The maximum atomic E-state index is 10.5. The van der Waals surface area contributed by atoms with Crippen molar-refractivity contribution < 1.29 is 9.84 Å². The summed E-state index contributed by atoms with van der Waals surface area (Å²) in [7, 11) is 5.67. The third kappa shape index (κ3) is 3.78. The number of rotatable bonds is 5. The lowest BCUT2D eigenvalue weighted by Gasteiger charge is -2.21. The summed E-state index contributed by atoms with van der Waals surface area (Å²) < 4.78 is 5.27. The second-order valence-corrected chi connectivity index (χ2v) is 6.83. The van der Waals surface area contributed by atoms with E-state index < -0.39 is 0 Å². The summed E-state index contributed by atoms with van der Waals surface area (Å²) in [5, 5.41) is 11.1. The van der Waals surface area contributed by atoms with Gasteiger partial charge in [-0.2, -0.15) is 0 Å². The molecule has 0 heterocycles. The molecule has 0 aliphatic carbocycles. The van der Waals surface area contributed by atoms with Gasteiger partial charge in [-0.1, -0.05) is 35.9 Å². The Morgan fingerprint density at radius 1 is 0.885 bits per heavy atom. The number of benzene rings is 3. The van der Waals surface area contributed by atoms with Crippen molar-refractivity contribution in [2.24, 2.45) is 0 Å². The number of phenolic OH excluding ortho intramolecular Hbond substituents is 1. The molecule has 3 nitrogen and oxygen atoms in total. The van der Waals surface area contributed by atoms with E-state index in [1.165, 1.54) is 0 Å². The highest BCUT2D eigenvalue weighted by molar-refractivity contribution is 6.30. The van der Waals surface area contributed by atoms with Crippen LogP contribution in [-0.4, -0.2) is 26.3 Å². The van der Waals surface area contributed by atoms with Gasteiger partial charge in [-0.25, -0.2) is 0 Å². The van der Waals surface area contributed by atoms with E-state index in [9.17, 15) is 5.11 Å². The molecule has 1 atom stereocenters. The highest BCUT2D eigenvalue weighted by Gasteiger charge is 2.20. The second-order valence-electron chi connectivity index (χ2n) is 6.40. The first kappa shape index (κ1) is 18.2. The van der Waals surface area contributed by atoms with Crippen LogP contribution < -0.4 is 9.64 Å². The first-order valence-corrected chi connectivity index (χ1v) is 8.77. The van der Waals surface area contributed by atoms with Crippen LogP contribution in [0.1, 0.15) is 22.6 Å². The second kappa shape index (κ2) is 7.71. The summed E-state index contributed by atoms with van der Waals surface area (Å²) in [6.45, 7) is 0. The van der Waals surface area contributed by atoms with Gasteiger partial charge in [0.25, 0.3) is 0 Å². The molecule has 3 aromatic carbocycles. The van der Waals surface area contributed by atoms with E-state index in [0.717, 1.165) is 28.1 Å². The Bertz CT molecular complexity index is 874. The van der Waals surface area contributed by atoms with Crippen molar-refractivity contribution in [2.45, 2.75) is 5.92 Å². The first-order valence-electron chi connectivity index (χ1n) is 8.39. The van der Waals surface area contributed by atoms with E-state index in [-0.39, 0.29) is 11.7 Å². The fraction of sp³-hybridized carbons (Fsp3) is 0.182. The molecule has 0 amide bonds. The largest absolute Gasteiger partial charge is 0.508 e. The van der Waals surface area contributed by atoms with Crippen molar-refractivity contribution in [2.75, 3.05) is 26.1 Å². The van der Waals surface area contributed by atoms with Gasteiger partial charge in [0, 0.05) is 36.3 Å². The number of aromatic hydroxyl groups is 1. The minimum atomic E-state index is -0.129. The Labute approximate surface area is 159 Å². The van der Waals surface area contributed by atoms with Gasteiger partial charge in [-0.05, 0) is 53.6 Å². The van der Waals surface area contributed by atoms with Crippen molar-refractivity contribution >= 4 is 17.3 Å². The summed E-state index contributed by atoms with van der Waals surface area (Å²) in [5.74, 6) is 0.897. The van der Waals surface area contributed by atoms with E-state index in [2.05, 4.69) is 29.2 Å². The molecular weight excluding hydrogens is 346 g/mol. The molecule has 0 saturated heterocycles. The van der Waals surface area contributed by atoms with Crippen molar-refractivity contribution in [1.82, 2.24) is 0 Å². The lowest BCUT2D eigenvalue weighted by atomic mass is 9.84. The average Bonchev–Trinajstić information content (AvgIpc) is 2.66. The highest BCUT2D eigenvalue weighted by Crippen LogP contribution is 2.39. The third-order valence-electron chi connectivity index (χ3n) is 4.49. The molecule has 4 heteroatoms. The lowest BCUT2D eigenvalue weighted by molar-refractivity contribution is 0.414. The molecule has 0 aromatic heterocycles. The number of phenols is 1.